The number of nitro benzene ring substituents is 1. The maximum atomic E-state index is 11.6. The van der Waals surface area contributed by atoms with Crippen LogP contribution < -0.4 is 10.0 Å². The Morgan fingerprint density at radius 3 is 2.70 bits per heavy atom. The van der Waals surface area contributed by atoms with E-state index in [9.17, 15) is 23.6 Å². The van der Waals surface area contributed by atoms with Gasteiger partial charge in [0, 0.05) is 25.2 Å². The van der Waals surface area contributed by atoms with Crippen LogP contribution in [0.4, 0.5) is 11.4 Å². The summed E-state index contributed by atoms with van der Waals surface area (Å²) in [6.45, 7) is 0.845. The molecule has 0 unspecified atom stereocenters. The van der Waals surface area contributed by atoms with Crippen LogP contribution >= 0.6 is 0 Å². The molecule has 1 atom stereocenters. The van der Waals surface area contributed by atoms with Crippen LogP contribution in [-0.2, 0) is 10.0 Å². The number of nitrogens with zero attached hydrogens (tertiary/aromatic N) is 2. The number of sulfonamides is 1. The van der Waals surface area contributed by atoms with Gasteiger partial charge >= 0.3 is 0 Å². The number of rotatable bonds is 3. The number of benzene rings is 1. The minimum atomic E-state index is -4.08. The third-order valence-corrected chi connectivity index (χ3v) is 4.14. The monoisotopic (exact) mass is 301 g/mol. The van der Waals surface area contributed by atoms with Gasteiger partial charge in [0.2, 0.25) is 10.0 Å². The lowest BCUT2D eigenvalue weighted by atomic mass is 10.1. The Morgan fingerprint density at radius 1 is 1.45 bits per heavy atom. The summed E-state index contributed by atoms with van der Waals surface area (Å²) in [5.41, 5.74) is -0.0489. The molecule has 1 heterocycles. The number of hydrogen-bond acceptors (Lipinski definition) is 6. The number of aliphatic hydroxyl groups excluding tert-OH is 1. The number of β-amino-alcohol motifs (C(OH)–C–C–N with tert-alkyl or cyclic N) is 1. The highest BCUT2D eigenvalue weighted by atomic mass is 32.2. The van der Waals surface area contributed by atoms with E-state index in [4.69, 9.17) is 5.14 Å². The Hall–Kier alpha value is -1.71. The Bertz CT molecular complexity index is 631. The number of hydrogen-bond donors (Lipinski definition) is 2. The summed E-state index contributed by atoms with van der Waals surface area (Å²) in [5, 5.41) is 25.5. The molecule has 8 nitrogen and oxygen atoms in total. The molecular formula is C11H15N3O5S. The summed E-state index contributed by atoms with van der Waals surface area (Å²) in [6, 6.07) is 3.53. The maximum absolute atomic E-state index is 11.6. The molecule has 0 amide bonds. The highest BCUT2D eigenvalue weighted by Gasteiger charge is 2.25. The number of piperidine rings is 1. The van der Waals surface area contributed by atoms with E-state index < -0.39 is 21.1 Å². The molecule has 1 aliphatic rings. The van der Waals surface area contributed by atoms with Crippen LogP contribution in [0.1, 0.15) is 12.8 Å². The van der Waals surface area contributed by atoms with Gasteiger partial charge in [0.05, 0.1) is 16.7 Å². The second kappa shape index (κ2) is 5.35. The molecule has 0 bridgehead atoms. The topological polar surface area (TPSA) is 127 Å². The average molecular weight is 301 g/mol. The molecule has 20 heavy (non-hydrogen) atoms. The van der Waals surface area contributed by atoms with E-state index in [1.165, 1.54) is 12.1 Å². The first-order valence-electron chi connectivity index (χ1n) is 6.03. The highest BCUT2D eigenvalue weighted by Crippen LogP contribution is 2.30. The molecule has 2 rings (SSSR count). The van der Waals surface area contributed by atoms with Crippen LogP contribution in [0.15, 0.2) is 23.1 Å². The van der Waals surface area contributed by atoms with Gasteiger partial charge in [-0.25, -0.2) is 13.6 Å². The van der Waals surface area contributed by atoms with Crippen LogP contribution in [0, 0.1) is 10.1 Å². The zero-order valence-electron chi connectivity index (χ0n) is 10.6. The third-order valence-electron chi connectivity index (χ3n) is 3.20. The molecular weight excluding hydrogens is 286 g/mol. The van der Waals surface area contributed by atoms with Crippen molar-refractivity contribution in [3.8, 4) is 0 Å². The van der Waals surface area contributed by atoms with E-state index >= 15 is 0 Å². The maximum Gasteiger partial charge on any atom is 0.270 e. The Balaban J connectivity index is 2.49. The molecule has 3 N–H and O–H groups in total. The first kappa shape index (κ1) is 14.7. The Kier molecular flexibility index (Phi) is 3.93. The first-order valence-corrected chi connectivity index (χ1v) is 7.58. The highest BCUT2D eigenvalue weighted by molar-refractivity contribution is 7.89. The van der Waals surface area contributed by atoms with E-state index in [2.05, 4.69) is 0 Å². The summed E-state index contributed by atoms with van der Waals surface area (Å²) >= 11 is 0. The van der Waals surface area contributed by atoms with Crippen molar-refractivity contribution in [2.75, 3.05) is 18.0 Å². The van der Waals surface area contributed by atoms with Crippen molar-refractivity contribution in [2.24, 2.45) is 5.14 Å². The van der Waals surface area contributed by atoms with Gasteiger partial charge in [0.1, 0.15) is 4.90 Å². The van der Waals surface area contributed by atoms with Crippen molar-refractivity contribution >= 4 is 21.4 Å². The summed E-state index contributed by atoms with van der Waals surface area (Å²) in [6.07, 6.45) is 0.809. The lowest BCUT2D eigenvalue weighted by Crippen LogP contribution is -2.39. The molecule has 1 aromatic carbocycles. The smallest absolute Gasteiger partial charge is 0.270 e. The van der Waals surface area contributed by atoms with E-state index in [0.717, 1.165) is 6.07 Å². The van der Waals surface area contributed by atoms with Gasteiger partial charge in [-0.2, -0.15) is 0 Å². The fraction of sp³-hybridized carbons (Fsp3) is 0.455. The zero-order chi connectivity index (χ0) is 14.9. The van der Waals surface area contributed by atoms with Crippen LogP contribution in [0.5, 0.6) is 0 Å². The predicted octanol–water partition coefficient (Wildman–Crippen LogP) is 0.203. The number of nitrogens with two attached hydrogens (primary N) is 1. The van der Waals surface area contributed by atoms with Crippen LogP contribution in [0.2, 0.25) is 0 Å². The summed E-state index contributed by atoms with van der Waals surface area (Å²) in [7, 11) is -4.08. The molecule has 0 aromatic heterocycles. The molecule has 110 valence electrons. The molecule has 1 fully saturated rings. The Labute approximate surface area is 116 Å². The van der Waals surface area contributed by atoms with Crippen molar-refractivity contribution < 1.29 is 18.4 Å². The molecule has 0 saturated carbocycles. The van der Waals surface area contributed by atoms with Gasteiger partial charge in [-0.15, -0.1) is 0 Å². The fourth-order valence-corrected chi connectivity index (χ4v) is 3.05. The van der Waals surface area contributed by atoms with E-state index in [1.807, 2.05) is 0 Å². The van der Waals surface area contributed by atoms with Crippen molar-refractivity contribution in [3.05, 3.63) is 28.3 Å². The van der Waals surface area contributed by atoms with Gasteiger partial charge < -0.3 is 10.0 Å². The first-order chi connectivity index (χ1) is 9.29. The van der Waals surface area contributed by atoms with Gasteiger partial charge in [-0.05, 0) is 18.9 Å². The standard InChI is InChI=1S/C11H15N3O5S/c12-20(18,19)11-6-8(14(16)17)3-4-10(11)13-5-1-2-9(15)7-13/h3-4,6,9,15H,1-2,5,7H2,(H2,12,18,19)/t9-/m0/s1. The van der Waals surface area contributed by atoms with E-state index in [-0.39, 0.29) is 22.8 Å². The number of non-ortho nitro benzene ring substituents is 1. The van der Waals surface area contributed by atoms with Crippen LogP contribution in [0.3, 0.4) is 0 Å². The minimum Gasteiger partial charge on any atom is -0.391 e. The number of primary sulfonamides is 1. The van der Waals surface area contributed by atoms with Crippen molar-refractivity contribution in [1.29, 1.82) is 0 Å². The largest absolute Gasteiger partial charge is 0.391 e. The lowest BCUT2D eigenvalue weighted by molar-refractivity contribution is -0.385. The number of aliphatic hydroxyl groups is 1. The molecule has 9 heteroatoms. The molecule has 1 saturated heterocycles. The average Bonchev–Trinajstić information content (AvgIpc) is 2.37. The van der Waals surface area contributed by atoms with Gasteiger partial charge in [0.25, 0.3) is 5.69 Å². The second-order valence-electron chi connectivity index (χ2n) is 4.70. The molecule has 0 spiro atoms. The zero-order valence-corrected chi connectivity index (χ0v) is 11.4. The van der Waals surface area contributed by atoms with Crippen molar-refractivity contribution in [2.45, 2.75) is 23.8 Å². The van der Waals surface area contributed by atoms with Gasteiger partial charge in [0.15, 0.2) is 0 Å². The van der Waals surface area contributed by atoms with Crippen molar-refractivity contribution in [1.82, 2.24) is 0 Å². The van der Waals surface area contributed by atoms with E-state index in [0.29, 0.717) is 19.4 Å². The molecule has 1 aliphatic heterocycles. The number of nitro groups is 1. The van der Waals surface area contributed by atoms with Gasteiger partial charge in [-0.1, -0.05) is 0 Å². The quantitative estimate of drug-likeness (QED) is 0.606. The van der Waals surface area contributed by atoms with E-state index in [1.54, 1.807) is 4.90 Å². The Morgan fingerprint density at radius 2 is 2.15 bits per heavy atom. The molecule has 0 radical (unpaired) electrons. The fourth-order valence-electron chi connectivity index (χ4n) is 2.28. The SMILES string of the molecule is NS(=O)(=O)c1cc([N+](=O)[O-])ccc1N1CCC[C@H](O)C1. The van der Waals surface area contributed by atoms with Crippen molar-refractivity contribution in [3.63, 3.8) is 0 Å². The summed E-state index contributed by atoms with van der Waals surface area (Å²) in [4.78, 5) is 11.4. The summed E-state index contributed by atoms with van der Waals surface area (Å²) < 4.78 is 23.2. The normalized spacial score (nSPS) is 19.9. The van der Waals surface area contributed by atoms with Crippen LogP contribution in [0.25, 0.3) is 0 Å². The lowest BCUT2D eigenvalue weighted by Gasteiger charge is -2.32. The predicted molar refractivity (Wildman–Crippen MR) is 71.9 cm³/mol. The summed E-state index contributed by atoms with van der Waals surface area (Å²) in [5.74, 6) is 0. The van der Waals surface area contributed by atoms with Crippen LogP contribution in [-0.4, -0.2) is 37.6 Å². The minimum absolute atomic E-state index is 0.278. The van der Waals surface area contributed by atoms with Gasteiger partial charge in [-0.3, -0.25) is 10.1 Å². The molecule has 1 aromatic rings. The second-order valence-corrected chi connectivity index (χ2v) is 6.23. The number of anilines is 1. The third kappa shape index (κ3) is 3.06. The molecule has 0 aliphatic carbocycles.